The molecule has 3 aromatic heterocycles. The zero-order valence-corrected chi connectivity index (χ0v) is 48.8. The molecule has 0 saturated carbocycles. The average Bonchev–Trinajstić information content (AvgIpc) is 3.85. The molecule has 0 aliphatic rings. The summed E-state index contributed by atoms with van der Waals surface area (Å²) in [6.07, 6.45) is 5.85. The number of terminal acetylenes is 1. The molecule has 0 fully saturated rings. The molecule has 0 bridgehead atoms. The predicted molar refractivity (Wildman–Crippen MR) is 298 cm³/mol. The zero-order chi connectivity index (χ0) is 59.2. The van der Waals surface area contributed by atoms with Crippen LogP contribution in [0.4, 0.5) is 30.8 Å². The van der Waals surface area contributed by atoms with Crippen LogP contribution in [-0.4, -0.2) is 109 Å². The zero-order valence-electron chi connectivity index (χ0n) is 47.2. The standard InChI is InChI=1S/C31H36N6O6S.C25H31N3O6S/c1-20(2)44(40,41)23-16-14-21(15-17-23)24-18-32-27(37(28(38)42-30(3,4)5)29(39)43-31(6,7)8)26(33-24)25-19-36(35-34-25)22-12-10-9-11-13-22;1-10-19-21(28(22(29)33-24(4,5)6)23(30)34-25(7,8)9)26-15-20(27-19)17-11-13-18(14-12-17)35(31,32)16(2)3/h9-20H,1-8H3;1,11-16H,2-9H3. The Balaban J connectivity index is 0.000000299. The first-order chi connectivity index (χ1) is 36.4. The van der Waals surface area contributed by atoms with Gasteiger partial charge < -0.3 is 18.9 Å². The Labute approximate surface area is 461 Å². The highest BCUT2D eigenvalue weighted by Gasteiger charge is 2.38. The van der Waals surface area contributed by atoms with Crippen LogP contribution < -0.4 is 9.80 Å². The number of nitrogens with zero attached hydrogens (tertiary/aromatic N) is 9. The molecular formula is C56H67N9O12S2. The van der Waals surface area contributed by atoms with Gasteiger partial charge in [0.15, 0.2) is 37.0 Å². The average molecular weight is 1120 g/mol. The van der Waals surface area contributed by atoms with E-state index in [4.69, 9.17) is 30.4 Å². The lowest BCUT2D eigenvalue weighted by molar-refractivity contribution is 0.0406. The second kappa shape index (κ2) is 23.9. The molecule has 23 heteroatoms. The molecule has 3 heterocycles. The van der Waals surface area contributed by atoms with Crippen molar-refractivity contribution >= 4 is 55.7 Å². The smallest absolute Gasteiger partial charge is 0.425 e. The fourth-order valence-electron chi connectivity index (χ4n) is 6.62. The highest BCUT2D eigenvalue weighted by Crippen LogP contribution is 2.33. The van der Waals surface area contributed by atoms with Crippen LogP contribution in [0.15, 0.2) is 107 Å². The van der Waals surface area contributed by atoms with Gasteiger partial charge in [0.05, 0.1) is 56.0 Å². The molecule has 0 atom stereocenters. The van der Waals surface area contributed by atoms with E-state index in [2.05, 4.69) is 31.2 Å². The van der Waals surface area contributed by atoms with Crippen molar-refractivity contribution in [3.05, 3.63) is 103 Å². The molecule has 0 unspecified atom stereocenters. The molecule has 420 valence electrons. The van der Waals surface area contributed by atoms with E-state index in [1.54, 1.807) is 141 Å². The van der Waals surface area contributed by atoms with Crippen LogP contribution in [0.5, 0.6) is 0 Å². The van der Waals surface area contributed by atoms with E-state index in [0.29, 0.717) is 32.3 Å². The number of carbonyl (C=O) groups excluding carboxylic acids is 4. The maximum absolute atomic E-state index is 13.5. The number of amides is 4. The minimum atomic E-state index is -3.48. The van der Waals surface area contributed by atoms with Crippen LogP contribution >= 0.6 is 0 Å². The van der Waals surface area contributed by atoms with Crippen LogP contribution in [-0.2, 0) is 38.6 Å². The molecule has 0 saturated heterocycles. The van der Waals surface area contributed by atoms with Gasteiger partial charge in [0, 0.05) is 11.1 Å². The number of rotatable bonds is 10. The van der Waals surface area contributed by atoms with E-state index in [9.17, 15) is 36.0 Å². The topological polar surface area (TPSA) is 262 Å². The maximum Gasteiger partial charge on any atom is 0.425 e. The summed E-state index contributed by atoms with van der Waals surface area (Å²) >= 11 is 0. The van der Waals surface area contributed by atoms with Crippen molar-refractivity contribution in [2.75, 3.05) is 9.80 Å². The normalized spacial score (nSPS) is 12.2. The summed E-state index contributed by atoms with van der Waals surface area (Å²) in [7, 11) is -6.92. The van der Waals surface area contributed by atoms with Crippen LogP contribution in [0, 0.1) is 12.3 Å². The fourth-order valence-corrected chi connectivity index (χ4v) is 8.74. The molecule has 21 nitrogen and oxygen atoms in total. The second-order valence-corrected chi connectivity index (χ2v) is 27.2. The number of benzene rings is 3. The first-order valence-corrected chi connectivity index (χ1v) is 27.9. The van der Waals surface area contributed by atoms with Gasteiger partial charge in [-0.1, -0.05) is 47.7 Å². The SMILES string of the molecule is C#Cc1nc(-c2ccc(S(=O)(=O)C(C)C)cc2)cnc1N(C(=O)OC(C)(C)C)C(=O)OC(C)(C)C.CC(C)S(=O)(=O)c1ccc(-c2cnc(N(C(=O)OC(C)(C)C)C(=O)OC(C)(C)C)c(-c3cn(-c4ccccc4)nn3)n2)cc1. The lowest BCUT2D eigenvalue weighted by Gasteiger charge is -2.28. The number of anilines is 2. The molecular weight excluding hydrogens is 1050 g/mol. The Morgan fingerprint density at radius 2 is 0.899 bits per heavy atom. The molecule has 79 heavy (non-hydrogen) atoms. The number of hydrogen-bond acceptors (Lipinski definition) is 18. The first kappa shape index (κ1) is 61.7. The van der Waals surface area contributed by atoms with Gasteiger partial charge in [-0.3, -0.25) is 0 Å². The quantitative estimate of drug-likeness (QED) is 0.0911. The molecule has 0 N–H and O–H groups in total. The van der Waals surface area contributed by atoms with Crippen LogP contribution in [0.1, 0.15) is 116 Å². The minimum absolute atomic E-state index is 0.0419. The van der Waals surface area contributed by atoms with Crippen molar-refractivity contribution in [2.45, 2.75) is 153 Å². The Morgan fingerprint density at radius 3 is 1.27 bits per heavy atom. The third kappa shape index (κ3) is 16.2. The van der Waals surface area contributed by atoms with Crippen molar-refractivity contribution < 1.29 is 55.0 Å². The van der Waals surface area contributed by atoms with Crippen molar-refractivity contribution in [3.63, 3.8) is 0 Å². The van der Waals surface area contributed by atoms with E-state index >= 15 is 0 Å². The Hall–Kier alpha value is -8.10. The molecule has 0 aliphatic heterocycles. The van der Waals surface area contributed by atoms with Gasteiger partial charge >= 0.3 is 24.4 Å². The largest absolute Gasteiger partial charge is 0.443 e. The number of hydrogen-bond donors (Lipinski definition) is 0. The van der Waals surface area contributed by atoms with Crippen molar-refractivity contribution in [3.8, 4) is 51.9 Å². The molecule has 0 aliphatic carbocycles. The van der Waals surface area contributed by atoms with Crippen molar-refractivity contribution in [2.24, 2.45) is 0 Å². The van der Waals surface area contributed by atoms with E-state index in [1.807, 2.05) is 30.3 Å². The third-order valence-electron chi connectivity index (χ3n) is 10.3. The maximum atomic E-state index is 13.5. The number of carbonyl (C=O) groups is 4. The van der Waals surface area contributed by atoms with Gasteiger partial charge in [0.1, 0.15) is 33.8 Å². The number of aromatic nitrogens is 7. The Morgan fingerprint density at radius 1 is 0.532 bits per heavy atom. The van der Waals surface area contributed by atoms with E-state index in [0.717, 1.165) is 5.69 Å². The highest BCUT2D eigenvalue weighted by molar-refractivity contribution is 7.92. The number of ether oxygens (including phenoxy) is 4. The summed E-state index contributed by atoms with van der Waals surface area (Å²) in [5.74, 6) is 1.94. The lowest BCUT2D eigenvalue weighted by atomic mass is 10.1. The number of para-hydroxylation sites is 1. The summed E-state index contributed by atoms with van der Waals surface area (Å²) in [6, 6.07) is 21.6. The molecule has 6 aromatic rings. The first-order valence-electron chi connectivity index (χ1n) is 24.8. The Kier molecular flexibility index (Phi) is 18.7. The van der Waals surface area contributed by atoms with Crippen molar-refractivity contribution in [1.29, 1.82) is 0 Å². The van der Waals surface area contributed by atoms with Gasteiger partial charge in [0.25, 0.3) is 0 Å². The highest BCUT2D eigenvalue weighted by atomic mass is 32.2. The third-order valence-corrected chi connectivity index (χ3v) is 14.7. The molecule has 0 spiro atoms. The summed E-state index contributed by atoms with van der Waals surface area (Å²) < 4.78 is 73.4. The van der Waals surface area contributed by atoms with Crippen LogP contribution in [0.2, 0.25) is 0 Å². The van der Waals surface area contributed by atoms with Gasteiger partial charge in [-0.2, -0.15) is 9.80 Å². The Bertz CT molecular complexity index is 3400. The van der Waals surface area contributed by atoms with Crippen LogP contribution in [0.3, 0.4) is 0 Å². The molecule has 0 radical (unpaired) electrons. The minimum Gasteiger partial charge on any atom is -0.443 e. The lowest BCUT2D eigenvalue weighted by Crippen LogP contribution is -2.44. The van der Waals surface area contributed by atoms with Gasteiger partial charge in [-0.15, -0.1) is 11.5 Å². The molecule has 3 aromatic carbocycles. The van der Waals surface area contributed by atoms with E-state index in [1.165, 1.54) is 41.3 Å². The summed E-state index contributed by atoms with van der Waals surface area (Å²) in [6.45, 7) is 26.4. The van der Waals surface area contributed by atoms with Crippen molar-refractivity contribution in [1.82, 2.24) is 34.9 Å². The molecule has 4 amide bonds. The van der Waals surface area contributed by atoms with E-state index in [-0.39, 0.29) is 38.5 Å². The fraction of sp³-hybridized carbons (Fsp3) is 0.393. The summed E-state index contributed by atoms with van der Waals surface area (Å²) in [5, 5.41) is 7.34. The molecule has 6 rings (SSSR count). The van der Waals surface area contributed by atoms with Crippen LogP contribution in [0.25, 0.3) is 39.6 Å². The van der Waals surface area contributed by atoms with Gasteiger partial charge in [-0.05, 0) is 153 Å². The van der Waals surface area contributed by atoms with Gasteiger partial charge in [-0.25, -0.2) is 60.6 Å². The predicted octanol–water partition coefficient (Wildman–Crippen LogP) is 11.2. The second-order valence-electron chi connectivity index (χ2n) is 22.2. The number of imide groups is 2. The summed E-state index contributed by atoms with van der Waals surface area (Å²) in [4.78, 5) is 72.2. The number of sulfone groups is 2. The van der Waals surface area contributed by atoms with E-state index < -0.39 is 77.0 Å². The summed E-state index contributed by atoms with van der Waals surface area (Å²) in [5.41, 5.74) is -1.09. The monoisotopic (exact) mass is 1120 g/mol. The van der Waals surface area contributed by atoms with Gasteiger partial charge in [0.2, 0.25) is 0 Å².